The average molecular weight is 353 g/mol. The van der Waals surface area contributed by atoms with Crippen LogP contribution in [0.4, 0.5) is 5.69 Å². The van der Waals surface area contributed by atoms with Crippen LogP contribution in [0, 0.1) is 5.92 Å². The molecule has 2 aliphatic heterocycles. The Bertz CT molecular complexity index is 813. The minimum atomic E-state index is -1.22. The van der Waals surface area contributed by atoms with Gasteiger partial charge in [0.15, 0.2) is 0 Å². The fourth-order valence-electron chi connectivity index (χ4n) is 3.54. The van der Waals surface area contributed by atoms with Crippen LogP contribution in [0.25, 0.3) is 0 Å². The summed E-state index contributed by atoms with van der Waals surface area (Å²) in [5.41, 5.74) is 1.80. The molecule has 1 amide bonds. The Morgan fingerprint density at radius 1 is 1.04 bits per heavy atom. The first-order valence-corrected chi connectivity index (χ1v) is 9.55. The van der Waals surface area contributed by atoms with Crippen LogP contribution in [-0.2, 0) is 20.1 Å². The third-order valence-electron chi connectivity index (χ3n) is 4.95. The van der Waals surface area contributed by atoms with Gasteiger partial charge >= 0.3 is 0 Å². The first-order chi connectivity index (χ1) is 12.3. The summed E-state index contributed by atoms with van der Waals surface area (Å²) in [4.78, 5) is 17.2. The highest BCUT2D eigenvalue weighted by Gasteiger charge is 2.56. The number of carbonyl (C=O) groups excluding carboxylic acids is 1. The molecule has 2 aromatic rings. The number of rotatable bonds is 4. The van der Waals surface area contributed by atoms with Crippen LogP contribution in [0.15, 0.2) is 58.3 Å². The van der Waals surface area contributed by atoms with Gasteiger partial charge in [-0.05, 0) is 49.1 Å². The van der Waals surface area contributed by atoms with E-state index in [9.17, 15) is 4.79 Å². The van der Waals surface area contributed by atoms with E-state index in [1.54, 1.807) is 11.8 Å². The standard InChI is InChI=1S/C20H19NO3S/c22-19-20(23-10-11-24-20)17-12-16(25-15-4-2-1-3-5-15)8-9-18(17)21(19)13-14-6-7-14/h1-5,8-9,12,14H,6-7,10-11,13H2. The second kappa shape index (κ2) is 5.87. The van der Waals surface area contributed by atoms with Crippen molar-refractivity contribution in [3.63, 3.8) is 0 Å². The van der Waals surface area contributed by atoms with E-state index >= 15 is 0 Å². The Hall–Kier alpha value is -1.82. The number of amides is 1. The van der Waals surface area contributed by atoms with Crippen LogP contribution in [0.1, 0.15) is 18.4 Å². The molecule has 4 nitrogen and oxygen atoms in total. The SMILES string of the molecule is O=C1N(CC2CC2)c2ccc(Sc3ccccc3)cc2C12OCCO2. The number of hydrogen-bond acceptors (Lipinski definition) is 4. The van der Waals surface area contributed by atoms with Gasteiger partial charge in [0.2, 0.25) is 0 Å². The van der Waals surface area contributed by atoms with E-state index in [1.807, 2.05) is 29.2 Å². The highest BCUT2D eigenvalue weighted by molar-refractivity contribution is 7.99. The molecule has 1 aliphatic carbocycles. The molecule has 1 spiro atoms. The fourth-order valence-corrected chi connectivity index (χ4v) is 4.41. The van der Waals surface area contributed by atoms with Gasteiger partial charge in [-0.15, -0.1) is 0 Å². The highest BCUT2D eigenvalue weighted by atomic mass is 32.2. The Morgan fingerprint density at radius 3 is 2.52 bits per heavy atom. The number of nitrogens with zero attached hydrogens (tertiary/aromatic N) is 1. The summed E-state index contributed by atoms with van der Waals surface area (Å²) in [5.74, 6) is -0.669. The van der Waals surface area contributed by atoms with Crippen molar-refractivity contribution in [2.75, 3.05) is 24.7 Å². The highest BCUT2D eigenvalue weighted by Crippen LogP contribution is 2.48. The molecule has 2 heterocycles. The van der Waals surface area contributed by atoms with Crippen molar-refractivity contribution < 1.29 is 14.3 Å². The van der Waals surface area contributed by atoms with Gasteiger partial charge in [0.1, 0.15) is 0 Å². The Kier molecular flexibility index (Phi) is 3.62. The van der Waals surface area contributed by atoms with E-state index in [1.165, 1.54) is 17.7 Å². The average Bonchev–Trinajstić information content (AvgIpc) is 3.27. The molecule has 5 rings (SSSR count). The molecule has 0 atom stereocenters. The third kappa shape index (κ3) is 2.58. The summed E-state index contributed by atoms with van der Waals surface area (Å²) in [5, 5.41) is 0. The summed E-state index contributed by atoms with van der Waals surface area (Å²) < 4.78 is 11.7. The van der Waals surface area contributed by atoms with Crippen molar-refractivity contribution in [3.8, 4) is 0 Å². The molecule has 1 saturated heterocycles. The topological polar surface area (TPSA) is 38.8 Å². The van der Waals surface area contributed by atoms with Crippen molar-refractivity contribution in [1.82, 2.24) is 0 Å². The summed E-state index contributed by atoms with van der Waals surface area (Å²) >= 11 is 1.68. The number of anilines is 1. The number of hydrogen-bond donors (Lipinski definition) is 0. The first kappa shape index (κ1) is 15.4. The van der Waals surface area contributed by atoms with E-state index in [0.29, 0.717) is 19.1 Å². The first-order valence-electron chi connectivity index (χ1n) is 8.73. The van der Waals surface area contributed by atoms with Gasteiger partial charge in [0, 0.05) is 21.9 Å². The molecule has 0 radical (unpaired) electrons. The van der Waals surface area contributed by atoms with E-state index in [0.717, 1.165) is 22.7 Å². The smallest absolute Gasteiger partial charge is 0.292 e. The minimum Gasteiger partial charge on any atom is -0.336 e. The number of ether oxygens (including phenoxy) is 2. The molecule has 2 aromatic carbocycles. The van der Waals surface area contributed by atoms with Crippen LogP contribution in [0.2, 0.25) is 0 Å². The molecule has 0 bridgehead atoms. The lowest BCUT2D eigenvalue weighted by atomic mass is 10.1. The molecule has 0 N–H and O–H groups in total. The lowest BCUT2D eigenvalue weighted by Crippen LogP contribution is -2.42. The second-order valence-corrected chi connectivity index (χ2v) is 7.91. The number of fused-ring (bicyclic) bond motifs is 2. The van der Waals surface area contributed by atoms with E-state index in [-0.39, 0.29) is 5.91 Å². The number of carbonyl (C=O) groups is 1. The maximum Gasteiger partial charge on any atom is 0.292 e. The van der Waals surface area contributed by atoms with Gasteiger partial charge in [-0.3, -0.25) is 4.79 Å². The maximum atomic E-state index is 13.1. The molecule has 2 fully saturated rings. The second-order valence-electron chi connectivity index (χ2n) is 6.77. The van der Waals surface area contributed by atoms with Crippen molar-refractivity contribution in [1.29, 1.82) is 0 Å². The normalized spacial score (nSPS) is 21.1. The van der Waals surface area contributed by atoms with Crippen molar-refractivity contribution >= 4 is 23.4 Å². The molecular weight excluding hydrogens is 334 g/mol. The number of benzene rings is 2. The summed E-state index contributed by atoms with van der Waals surface area (Å²) in [7, 11) is 0. The molecule has 25 heavy (non-hydrogen) atoms. The van der Waals surface area contributed by atoms with Crippen LogP contribution in [0.5, 0.6) is 0 Å². The fraction of sp³-hybridized carbons (Fsp3) is 0.350. The van der Waals surface area contributed by atoms with E-state index in [2.05, 4.69) is 24.3 Å². The van der Waals surface area contributed by atoms with Gasteiger partial charge in [-0.1, -0.05) is 30.0 Å². The van der Waals surface area contributed by atoms with Crippen LogP contribution < -0.4 is 4.90 Å². The van der Waals surface area contributed by atoms with E-state index in [4.69, 9.17) is 9.47 Å². The zero-order valence-electron chi connectivity index (χ0n) is 13.8. The van der Waals surface area contributed by atoms with E-state index < -0.39 is 5.79 Å². The van der Waals surface area contributed by atoms with Gasteiger partial charge in [-0.25, -0.2) is 0 Å². The Balaban J connectivity index is 1.53. The van der Waals surface area contributed by atoms with Gasteiger partial charge in [-0.2, -0.15) is 0 Å². The van der Waals surface area contributed by atoms with Crippen LogP contribution in [-0.4, -0.2) is 25.7 Å². The third-order valence-corrected chi connectivity index (χ3v) is 5.95. The molecule has 128 valence electrons. The van der Waals surface area contributed by atoms with Crippen LogP contribution >= 0.6 is 11.8 Å². The largest absolute Gasteiger partial charge is 0.336 e. The van der Waals surface area contributed by atoms with Gasteiger partial charge < -0.3 is 14.4 Å². The Morgan fingerprint density at radius 2 is 1.80 bits per heavy atom. The minimum absolute atomic E-state index is 0.0613. The zero-order valence-corrected chi connectivity index (χ0v) is 14.6. The lowest BCUT2D eigenvalue weighted by Gasteiger charge is -2.22. The van der Waals surface area contributed by atoms with Gasteiger partial charge in [0.25, 0.3) is 11.7 Å². The van der Waals surface area contributed by atoms with Crippen molar-refractivity contribution in [2.24, 2.45) is 5.92 Å². The predicted octanol–water partition coefficient (Wildman–Crippen LogP) is 3.79. The summed E-state index contributed by atoms with van der Waals surface area (Å²) in [6.07, 6.45) is 2.41. The van der Waals surface area contributed by atoms with Crippen molar-refractivity contribution in [3.05, 3.63) is 54.1 Å². The Labute approximate surface area is 151 Å². The quantitative estimate of drug-likeness (QED) is 0.838. The van der Waals surface area contributed by atoms with Gasteiger partial charge in [0.05, 0.1) is 18.9 Å². The molecular formula is C20H19NO3S. The molecule has 3 aliphatic rings. The lowest BCUT2D eigenvalue weighted by molar-refractivity contribution is -0.180. The maximum absolute atomic E-state index is 13.1. The summed E-state index contributed by atoms with van der Waals surface area (Å²) in [6.45, 7) is 1.68. The van der Waals surface area contributed by atoms with Crippen LogP contribution in [0.3, 0.4) is 0 Å². The monoisotopic (exact) mass is 353 g/mol. The predicted molar refractivity (Wildman–Crippen MR) is 95.7 cm³/mol. The molecule has 5 heteroatoms. The zero-order chi connectivity index (χ0) is 16.9. The van der Waals surface area contributed by atoms with Crippen molar-refractivity contribution in [2.45, 2.75) is 28.4 Å². The summed E-state index contributed by atoms with van der Waals surface area (Å²) in [6, 6.07) is 16.4. The molecule has 0 unspecified atom stereocenters. The molecule has 1 saturated carbocycles. The molecule has 0 aromatic heterocycles.